The number of nitrogens with zero attached hydrogens (tertiary/aromatic N) is 2. The Kier molecular flexibility index (Phi) is 5.52. The maximum absolute atomic E-state index is 13.0. The van der Waals surface area contributed by atoms with E-state index >= 15 is 0 Å². The van der Waals surface area contributed by atoms with Gasteiger partial charge in [0.1, 0.15) is 5.75 Å². The molecule has 1 aliphatic rings. The van der Waals surface area contributed by atoms with Crippen molar-refractivity contribution in [3.05, 3.63) is 46.1 Å². The van der Waals surface area contributed by atoms with Crippen molar-refractivity contribution in [2.24, 2.45) is 0 Å². The third-order valence-corrected chi connectivity index (χ3v) is 7.50. The first kappa shape index (κ1) is 21.4. The lowest BCUT2D eigenvalue weighted by Gasteiger charge is -2.20. The monoisotopic (exact) mass is 461 g/mol. The molecule has 0 atom stereocenters. The van der Waals surface area contributed by atoms with Crippen LogP contribution in [-0.4, -0.2) is 32.5 Å². The first-order chi connectivity index (χ1) is 14.7. The summed E-state index contributed by atoms with van der Waals surface area (Å²) in [7, 11) is -2.44. The summed E-state index contributed by atoms with van der Waals surface area (Å²) in [4.78, 5) is 25.9. The molecule has 1 saturated heterocycles. The van der Waals surface area contributed by atoms with E-state index in [4.69, 9.17) is 4.74 Å². The van der Waals surface area contributed by atoms with Gasteiger partial charge in [-0.2, -0.15) is 0 Å². The number of nitrogens with one attached hydrogen (secondary N) is 1. The smallest absolute Gasteiger partial charge is 0.308 e. The molecule has 10 heteroatoms. The molecule has 1 N–H and O–H groups in total. The van der Waals surface area contributed by atoms with Gasteiger partial charge in [-0.3, -0.25) is 18.9 Å². The summed E-state index contributed by atoms with van der Waals surface area (Å²) in [6, 6.07) is 9.50. The number of hydrogen-bond acceptors (Lipinski definition) is 6. The number of methoxy groups -OCH3 is 1. The molecule has 0 radical (unpaired) electrons. The van der Waals surface area contributed by atoms with E-state index in [0.717, 1.165) is 23.3 Å². The zero-order valence-electron chi connectivity index (χ0n) is 17.4. The van der Waals surface area contributed by atoms with Crippen LogP contribution < -0.4 is 19.2 Å². The summed E-state index contributed by atoms with van der Waals surface area (Å²) in [6.07, 6.45) is 1.15. The van der Waals surface area contributed by atoms with Gasteiger partial charge in [0.25, 0.3) is 10.0 Å². The molecule has 0 bridgehead atoms. The van der Waals surface area contributed by atoms with Crippen molar-refractivity contribution >= 4 is 48.9 Å². The van der Waals surface area contributed by atoms with Gasteiger partial charge in [-0.15, -0.1) is 0 Å². The highest BCUT2D eigenvalue weighted by atomic mass is 32.2. The molecule has 31 heavy (non-hydrogen) atoms. The van der Waals surface area contributed by atoms with E-state index in [1.807, 2.05) is 13.8 Å². The maximum Gasteiger partial charge on any atom is 0.308 e. The predicted octanol–water partition coefficient (Wildman–Crippen LogP) is 3.58. The van der Waals surface area contributed by atoms with Gasteiger partial charge < -0.3 is 9.64 Å². The van der Waals surface area contributed by atoms with Crippen molar-refractivity contribution in [2.45, 2.75) is 37.6 Å². The molecule has 0 spiro atoms. The molecule has 1 amide bonds. The molecule has 1 aliphatic heterocycles. The molecule has 2 aromatic carbocycles. The van der Waals surface area contributed by atoms with Gasteiger partial charge in [-0.1, -0.05) is 11.3 Å². The Labute approximate surface area is 184 Å². The quantitative estimate of drug-likeness (QED) is 0.605. The lowest BCUT2D eigenvalue weighted by molar-refractivity contribution is -0.117. The van der Waals surface area contributed by atoms with Crippen LogP contribution in [0.4, 0.5) is 11.4 Å². The second-order valence-electron chi connectivity index (χ2n) is 7.60. The van der Waals surface area contributed by atoms with Crippen molar-refractivity contribution in [1.82, 2.24) is 4.57 Å². The number of rotatable bonds is 6. The zero-order chi connectivity index (χ0) is 22.3. The fraction of sp³-hybridized carbons (Fsp3) is 0.333. The average molecular weight is 462 g/mol. The van der Waals surface area contributed by atoms with Crippen molar-refractivity contribution in [3.8, 4) is 5.75 Å². The van der Waals surface area contributed by atoms with E-state index in [-0.39, 0.29) is 21.7 Å². The molecule has 0 saturated carbocycles. The van der Waals surface area contributed by atoms with Gasteiger partial charge in [-0.25, -0.2) is 8.42 Å². The molecule has 1 fully saturated rings. The number of hydrogen-bond donors (Lipinski definition) is 1. The second kappa shape index (κ2) is 8.01. The number of carbonyl (C=O) groups excluding carboxylic acids is 1. The van der Waals surface area contributed by atoms with Gasteiger partial charge in [-0.05, 0) is 56.7 Å². The highest BCUT2D eigenvalue weighted by Gasteiger charge is 2.26. The fourth-order valence-electron chi connectivity index (χ4n) is 3.75. The highest BCUT2D eigenvalue weighted by Crippen LogP contribution is 2.34. The van der Waals surface area contributed by atoms with Crippen molar-refractivity contribution in [2.75, 3.05) is 23.3 Å². The third kappa shape index (κ3) is 3.92. The van der Waals surface area contributed by atoms with E-state index in [1.165, 1.54) is 19.2 Å². The number of fused-ring (bicyclic) bond motifs is 1. The maximum atomic E-state index is 13.0. The van der Waals surface area contributed by atoms with E-state index in [0.29, 0.717) is 34.8 Å². The Morgan fingerprint density at radius 3 is 2.55 bits per heavy atom. The predicted molar refractivity (Wildman–Crippen MR) is 122 cm³/mol. The van der Waals surface area contributed by atoms with E-state index in [1.54, 1.807) is 33.7 Å². The van der Waals surface area contributed by atoms with Gasteiger partial charge in [0.05, 0.1) is 33.6 Å². The zero-order valence-corrected chi connectivity index (χ0v) is 19.0. The molecule has 8 nitrogen and oxygen atoms in total. The molecular weight excluding hydrogens is 438 g/mol. The molecule has 4 rings (SSSR count). The largest absolute Gasteiger partial charge is 0.495 e. The van der Waals surface area contributed by atoms with Gasteiger partial charge in [0.15, 0.2) is 0 Å². The first-order valence-corrected chi connectivity index (χ1v) is 12.2. The van der Waals surface area contributed by atoms with E-state index < -0.39 is 10.0 Å². The molecular formula is C21H23N3O5S2. The van der Waals surface area contributed by atoms with Crippen LogP contribution in [0.2, 0.25) is 0 Å². The third-order valence-electron chi connectivity index (χ3n) is 5.21. The van der Waals surface area contributed by atoms with Crippen LogP contribution in [0.3, 0.4) is 0 Å². The van der Waals surface area contributed by atoms with Crippen LogP contribution in [-0.2, 0) is 14.8 Å². The van der Waals surface area contributed by atoms with Gasteiger partial charge in [0.2, 0.25) is 5.91 Å². The van der Waals surface area contributed by atoms with Gasteiger partial charge >= 0.3 is 4.87 Å². The van der Waals surface area contributed by atoms with Crippen molar-refractivity contribution < 1.29 is 17.9 Å². The van der Waals surface area contributed by atoms with Crippen LogP contribution in [0, 0.1) is 0 Å². The molecule has 164 valence electrons. The SMILES string of the molecule is COc1ccc(S(=O)(=O)Nc2ccc3c(c2)sc(=O)n3C(C)C)cc1N1CCCC1=O. The summed E-state index contributed by atoms with van der Waals surface area (Å²) in [5.74, 6) is 0.381. The number of aromatic nitrogens is 1. The number of benzene rings is 2. The van der Waals surface area contributed by atoms with Crippen LogP contribution in [0.15, 0.2) is 46.1 Å². The van der Waals surface area contributed by atoms with Crippen LogP contribution in [0.5, 0.6) is 5.75 Å². The summed E-state index contributed by atoms with van der Waals surface area (Å²) >= 11 is 1.08. The number of thiazole rings is 1. The summed E-state index contributed by atoms with van der Waals surface area (Å²) in [6.45, 7) is 4.38. The molecule has 0 aliphatic carbocycles. The first-order valence-electron chi connectivity index (χ1n) is 9.87. The number of carbonyl (C=O) groups is 1. The second-order valence-corrected chi connectivity index (χ2v) is 10.3. The number of amides is 1. The van der Waals surface area contributed by atoms with E-state index in [9.17, 15) is 18.0 Å². The Hall–Kier alpha value is -2.85. The number of ether oxygens (including phenoxy) is 1. The molecule has 2 heterocycles. The minimum absolute atomic E-state index is 0.00908. The van der Waals surface area contributed by atoms with E-state index in [2.05, 4.69) is 4.72 Å². The normalized spacial score (nSPS) is 14.6. The summed E-state index contributed by atoms with van der Waals surface area (Å²) in [5.41, 5.74) is 1.57. The molecule has 3 aromatic rings. The highest BCUT2D eigenvalue weighted by molar-refractivity contribution is 7.92. The van der Waals surface area contributed by atoms with Crippen LogP contribution in [0.25, 0.3) is 10.2 Å². The molecule has 1 aromatic heterocycles. The van der Waals surface area contributed by atoms with Crippen molar-refractivity contribution in [1.29, 1.82) is 0 Å². The fourth-order valence-corrected chi connectivity index (χ4v) is 5.88. The number of sulfonamides is 1. The Morgan fingerprint density at radius 1 is 1.13 bits per heavy atom. The van der Waals surface area contributed by atoms with Crippen LogP contribution in [0.1, 0.15) is 32.7 Å². The average Bonchev–Trinajstić information content (AvgIpc) is 3.28. The topological polar surface area (TPSA) is 97.7 Å². The van der Waals surface area contributed by atoms with Crippen molar-refractivity contribution in [3.63, 3.8) is 0 Å². The minimum Gasteiger partial charge on any atom is -0.495 e. The minimum atomic E-state index is -3.92. The lowest BCUT2D eigenvalue weighted by atomic mass is 10.2. The standard InChI is InChI=1S/C21H23N3O5S2/c1-13(2)24-16-8-6-14(11-19(16)30-21(24)26)22-31(27,28)15-7-9-18(29-3)17(12-15)23-10-4-5-20(23)25/h6-9,11-13,22H,4-5,10H2,1-3H3. The van der Waals surface area contributed by atoms with Crippen LogP contribution >= 0.6 is 11.3 Å². The Bertz CT molecular complexity index is 1320. The summed E-state index contributed by atoms with van der Waals surface area (Å²) in [5, 5.41) is 0. The summed E-state index contributed by atoms with van der Waals surface area (Å²) < 4.78 is 36.4. The Balaban J connectivity index is 1.69. The Morgan fingerprint density at radius 2 is 1.90 bits per heavy atom. The number of anilines is 2. The lowest BCUT2D eigenvalue weighted by Crippen LogP contribution is -2.24. The molecule has 0 unspecified atom stereocenters. The van der Waals surface area contributed by atoms with Gasteiger partial charge in [0, 0.05) is 19.0 Å².